The predicted molar refractivity (Wildman–Crippen MR) is 81.8 cm³/mol. The molecule has 110 valence electrons. The van der Waals surface area contributed by atoms with E-state index in [-0.39, 0.29) is 18.1 Å². The molecule has 1 saturated heterocycles. The second-order valence-electron chi connectivity index (χ2n) is 5.36. The third-order valence-corrected chi connectivity index (χ3v) is 4.60. The van der Waals surface area contributed by atoms with E-state index in [2.05, 4.69) is 24.4 Å². The molecule has 3 atom stereocenters. The maximum absolute atomic E-state index is 12.1. The molecular weight excluding hydrogens is 272 g/mol. The van der Waals surface area contributed by atoms with Gasteiger partial charge < -0.3 is 4.90 Å². The summed E-state index contributed by atoms with van der Waals surface area (Å²) < 4.78 is 11.2. The van der Waals surface area contributed by atoms with Gasteiger partial charge in [0.05, 0.1) is 6.54 Å². The van der Waals surface area contributed by atoms with Gasteiger partial charge in [-0.05, 0) is 31.4 Å². The minimum atomic E-state index is -0.816. The van der Waals surface area contributed by atoms with E-state index in [0.29, 0.717) is 12.3 Å². The summed E-state index contributed by atoms with van der Waals surface area (Å²) in [5, 5.41) is 3.28. The van der Waals surface area contributed by atoms with Crippen molar-refractivity contribution in [1.82, 2.24) is 10.2 Å². The zero-order chi connectivity index (χ0) is 14.7. The van der Waals surface area contributed by atoms with Crippen molar-refractivity contribution in [2.75, 3.05) is 18.6 Å². The standard InChI is InChI=1S/C15H22N2O2S/c1-11-6-4-5-7-13(11)15-16-10-14(18)17(15)12(2)8-9-20(3)19/h4-7,12,15-16H,8-10H2,1-3H3. The Kier molecular flexibility index (Phi) is 4.94. The highest BCUT2D eigenvalue weighted by Crippen LogP contribution is 2.27. The monoisotopic (exact) mass is 294 g/mol. The molecule has 1 heterocycles. The molecule has 0 radical (unpaired) electrons. The lowest BCUT2D eigenvalue weighted by molar-refractivity contribution is -0.130. The summed E-state index contributed by atoms with van der Waals surface area (Å²) in [7, 11) is -0.816. The fraction of sp³-hybridized carbons (Fsp3) is 0.533. The molecule has 0 bridgehead atoms. The van der Waals surface area contributed by atoms with E-state index in [9.17, 15) is 9.00 Å². The first kappa shape index (κ1) is 15.2. The summed E-state index contributed by atoms with van der Waals surface area (Å²) in [5.74, 6) is 0.749. The zero-order valence-corrected chi connectivity index (χ0v) is 13.1. The molecule has 4 nitrogen and oxygen atoms in total. The average Bonchev–Trinajstić information content (AvgIpc) is 2.78. The topological polar surface area (TPSA) is 49.4 Å². The molecule has 20 heavy (non-hydrogen) atoms. The van der Waals surface area contributed by atoms with E-state index in [1.54, 1.807) is 6.26 Å². The summed E-state index contributed by atoms with van der Waals surface area (Å²) in [6.07, 6.45) is 2.40. The first-order valence-corrected chi connectivity index (χ1v) is 8.63. The van der Waals surface area contributed by atoms with Crippen LogP contribution in [0.3, 0.4) is 0 Å². The minimum absolute atomic E-state index is 0.0657. The molecule has 3 unspecified atom stereocenters. The van der Waals surface area contributed by atoms with Gasteiger partial charge in [-0.1, -0.05) is 24.3 Å². The average molecular weight is 294 g/mol. The quantitative estimate of drug-likeness (QED) is 0.897. The molecule has 1 fully saturated rings. The van der Waals surface area contributed by atoms with Gasteiger partial charge in [0.15, 0.2) is 0 Å². The largest absolute Gasteiger partial charge is 0.319 e. The Morgan fingerprint density at radius 2 is 2.15 bits per heavy atom. The molecule has 0 saturated carbocycles. The Hall–Kier alpha value is -1.20. The molecule has 1 aliphatic heterocycles. The predicted octanol–water partition coefficient (Wildman–Crippen LogP) is 1.58. The Morgan fingerprint density at radius 3 is 2.80 bits per heavy atom. The van der Waals surface area contributed by atoms with Crippen molar-refractivity contribution in [1.29, 1.82) is 0 Å². The van der Waals surface area contributed by atoms with Crippen molar-refractivity contribution in [3.63, 3.8) is 0 Å². The van der Waals surface area contributed by atoms with Crippen molar-refractivity contribution in [2.45, 2.75) is 32.5 Å². The molecule has 1 aliphatic rings. The number of nitrogens with zero attached hydrogens (tertiary/aromatic N) is 1. The summed E-state index contributed by atoms with van der Waals surface area (Å²) in [6.45, 7) is 4.46. The second-order valence-corrected chi connectivity index (χ2v) is 6.91. The smallest absolute Gasteiger partial charge is 0.238 e. The molecule has 5 heteroatoms. The van der Waals surface area contributed by atoms with Gasteiger partial charge in [0, 0.05) is 28.9 Å². The number of carbonyl (C=O) groups excluding carboxylic acids is 1. The molecule has 0 aromatic heterocycles. The van der Waals surface area contributed by atoms with Crippen LogP contribution in [-0.4, -0.2) is 39.6 Å². The van der Waals surface area contributed by atoms with Gasteiger partial charge in [-0.25, -0.2) is 0 Å². The Balaban J connectivity index is 2.18. The Labute approximate surface area is 123 Å². The molecule has 1 aromatic rings. The van der Waals surface area contributed by atoms with Crippen LogP contribution in [0.2, 0.25) is 0 Å². The maximum atomic E-state index is 12.1. The molecule has 0 spiro atoms. The minimum Gasteiger partial charge on any atom is -0.319 e. The zero-order valence-electron chi connectivity index (χ0n) is 12.3. The summed E-state index contributed by atoms with van der Waals surface area (Å²) in [4.78, 5) is 14.0. The molecule has 1 aromatic carbocycles. The van der Waals surface area contributed by atoms with Crippen LogP contribution < -0.4 is 5.32 Å². The van der Waals surface area contributed by atoms with Gasteiger partial charge in [-0.3, -0.25) is 14.3 Å². The summed E-state index contributed by atoms with van der Waals surface area (Å²) >= 11 is 0. The molecule has 0 aliphatic carbocycles. The highest BCUT2D eigenvalue weighted by Gasteiger charge is 2.35. The van der Waals surface area contributed by atoms with Gasteiger partial charge in [0.2, 0.25) is 5.91 Å². The van der Waals surface area contributed by atoms with Crippen molar-refractivity contribution in [2.24, 2.45) is 0 Å². The normalized spacial score (nSPS) is 22.1. The fourth-order valence-corrected chi connectivity index (χ4v) is 3.32. The van der Waals surface area contributed by atoms with E-state index in [1.165, 1.54) is 5.56 Å². The van der Waals surface area contributed by atoms with Gasteiger partial charge >= 0.3 is 0 Å². The van der Waals surface area contributed by atoms with Crippen LogP contribution in [0.4, 0.5) is 0 Å². The highest BCUT2D eigenvalue weighted by atomic mass is 32.2. The lowest BCUT2D eigenvalue weighted by atomic mass is 10.0. The van der Waals surface area contributed by atoms with Crippen LogP contribution >= 0.6 is 0 Å². The number of benzene rings is 1. The second kappa shape index (κ2) is 6.50. The molecule has 1 N–H and O–H groups in total. The van der Waals surface area contributed by atoms with Gasteiger partial charge in [-0.15, -0.1) is 0 Å². The number of hydrogen-bond acceptors (Lipinski definition) is 3. The third kappa shape index (κ3) is 3.27. The summed E-state index contributed by atoms with van der Waals surface area (Å²) in [6, 6.07) is 8.21. The van der Waals surface area contributed by atoms with Gasteiger partial charge in [0.1, 0.15) is 6.17 Å². The Morgan fingerprint density at radius 1 is 1.45 bits per heavy atom. The van der Waals surface area contributed by atoms with Gasteiger partial charge in [0.25, 0.3) is 0 Å². The highest BCUT2D eigenvalue weighted by molar-refractivity contribution is 7.84. The number of rotatable bonds is 5. The lowest BCUT2D eigenvalue weighted by Gasteiger charge is -2.31. The van der Waals surface area contributed by atoms with Crippen molar-refractivity contribution < 1.29 is 9.00 Å². The first-order valence-electron chi connectivity index (χ1n) is 6.91. The Bertz CT molecular complexity index is 518. The first-order chi connectivity index (χ1) is 9.50. The SMILES string of the molecule is Cc1ccccc1C1NCC(=O)N1C(C)CCS(C)=O. The lowest BCUT2D eigenvalue weighted by Crippen LogP contribution is -2.38. The van der Waals surface area contributed by atoms with E-state index < -0.39 is 10.8 Å². The molecular formula is C15H22N2O2S. The molecule has 1 amide bonds. The van der Waals surface area contributed by atoms with Crippen molar-refractivity contribution in [3.05, 3.63) is 35.4 Å². The van der Waals surface area contributed by atoms with E-state index >= 15 is 0 Å². The number of carbonyl (C=O) groups is 1. The van der Waals surface area contributed by atoms with Crippen LogP contribution in [0.25, 0.3) is 0 Å². The van der Waals surface area contributed by atoms with E-state index in [0.717, 1.165) is 12.0 Å². The van der Waals surface area contributed by atoms with E-state index in [1.807, 2.05) is 24.0 Å². The number of nitrogens with one attached hydrogen (secondary N) is 1. The van der Waals surface area contributed by atoms with Gasteiger partial charge in [-0.2, -0.15) is 0 Å². The number of amides is 1. The van der Waals surface area contributed by atoms with Crippen LogP contribution in [0.5, 0.6) is 0 Å². The third-order valence-electron chi connectivity index (χ3n) is 3.79. The number of aryl methyl sites for hydroxylation is 1. The summed E-state index contributed by atoms with van der Waals surface area (Å²) in [5.41, 5.74) is 2.32. The van der Waals surface area contributed by atoms with Crippen LogP contribution in [0.15, 0.2) is 24.3 Å². The van der Waals surface area contributed by atoms with E-state index in [4.69, 9.17) is 0 Å². The number of hydrogen-bond donors (Lipinski definition) is 1. The van der Waals surface area contributed by atoms with Crippen LogP contribution in [0, 0.1) is 6.92 Å². The maximum Gasteiger partial charge on any atom is 0.238 e. The van der Waals surface area contributed by atoms with Crippen molar-refractivity contribution in [3.8, 4) is 0 Å². The van der Waals surface area contributed by atoms with Crippen molar-refractivity contribution >= 4 is 16.7 Å². The molecule has 2 rings (SSSR count). The van der Waals surface area contributed by atoms with Crippen LogP contribution in [0.1, 0.15) is 30.6 Å². The fourth-order valence-electron chi connectivity index (χ4n) is 2.65. The van der Waals surface area contributed by atoms with Crippen LogP contribution in [-0.2, 0) is 15.6 Å².